The van der Waals surface area contributed by atoms with Gasteiger partial charge in [0.25, 0.3) is 5.56 Å². The molecule has 0 amide bonds. The Bertz CT molecular complexity index is 881. The molecule has 3 rings (SSSR count). The molecule has 2 aromatic rings. The number of carboxylic acid groups (broad SMARTS) is 1. The molecule has 7 heteroatoms. The third-order valence-corrected chi connectivity index (χ3v) is 5.43. The van der Waals surface area contributed by atoms with Gasteiger partial charge >= 0.3 is 5.97 Å². The maximum Gasteiger partial charge on any atom is 0.311 e. The van der Waals surface area contributed by atoms with Gasteiger partial charge in [-0.2, -0.15) is 0 Å². The molecule has 2 aromatic heterocycles. The number of carboxylic acids is 1. The van der Waals surface area contributed by atoms with Gasteiger partial charge < -0.3 is 9.84 Å². The molecule has 1 atom stereocenters. The standard InChI is InChI=1S/C17H20N2O4S/c1-9(2)8-19-12(6-7-23-3)18-15-14(16(19)20)13-10(17(21)22)4-5-11(13)24-15/h10H,1,4-8H2,2-3H3,(H,21,22). The number of fused-ring (bicyclic) bond motifs is 3. The van der Waals surface area contributed by atoms with Gasteiger partial charge in [0.05, 0.1) is 17.9 Å². The van der Waals surface area contributed by atoms with Crippen LogP contribution in [0.15, 0.2) is 16.9 Å². The Morgan fingerprint density at radius 2 is 2.29 bits per heavy atom. The summed E-state index contributed by atoms with van der Waals surface area (Å²) in [6, 6.07) is 0. The molecule has 1 unspecified atom stereocenters. The average Bonchev–Trinajstić information content (AvgIpc) is 3.06. The Balaban J connectivity index is 2.24. The first-order valence-electron chi connectivity index (χ1n) is 7.85. The van der Waals surface area contributed by atoms with Crippen LogP contribution in [0.25, 0.3) is 10.2 Å². The lowest BCUT2D eigenvalue weighted by atomic mass is 10.0. The minimum atomic E-state index is -0.872. The van der Waals surface area contributed by atoms with Gasteiger partial charge in [0.15, 0.2) is 0 Å². The van der Waals surface area contributed by atoms with Gasteiger partial charge in [-0.3, -0.25) is 14.2 Å². The Morgan fingerprint density at radius 1 is 1.54 bits per heavy atom. The van der Waals surface area contributed by atoms with E-state index in [1.807, 2.05) is 6.92 Å². The van der Waals surface area contributed by atoms with Crippen LogP contribution in [0.2, 0.25) is 0 Å². The van der Waals surface area contributed by atoms with Crippen LogP contribution in [0.3, 0.4) is 0 Å². The molecule has 1 aliphatic carbocycles. The molecule has 0 bridgehead atoms. The lowest BCUT2D eigenvalue weighted by molar-refractivity contribution is -0.138. The maximum atomic E-state index is 13.1. The van der Waals surface area contributed by atoms with Crippen molar-refractivity contribution in [2.75, 3.05) is 13.7 Å². The van der Waals surface area contributed by atoms with E-state index in [1.54, 1.807) is 11.7 Å². The van der Waals surface area contributed by atoms with Crippen LogP contribution in [-0.2, 0) is 28.9 Å². The highest BCUT2D eigenvalue weighted by molar-refractivity contribution is 7.18. The van der Waals surface area contributed by atoms with Gasteiger partial charge in [0.2, 0.25) is 0 Å². The zero-order valence-corrected chi connectivity index (χ0v) is 14.6. The number of nitrogens with zero attached hydrogens (tertiary/aromatic N) is 2. The van der Waals surface area contributed by atoms with Gasteiger partial charge in [-0.05, 0) is 25.3 Å². The van der Waals surface area contributed by atoms with E-state index >= 15 is 0 Å². The second-order valence-electron chi connectivity index (χ2n) is 6.17. The SMILES string of the molecule is C=C(C)Cn1c(CCOC)nc2sc3c(c2c1=O)C(C(=O)O)CC3. The summed E-state index contributed by atoms with van der Waals surface area (Å²) < 4.78 is 6.72. The largest absolute Gasteiger partial charge is 0.481 e. The van der Waals surface area contributed by atoms with E-state index in [0.717, 1.165) is 10.5 Å². The molecule has 0 aromatic carbocycles. The monoisotopic (exact) mass is 348 g/mol. The molecule has 0 saturated carbocycles. The average molecular weight is 348 g/mol. The number of thiophene rings is 1. The van der Waals surface area contributed by atoms with Gasteiger partial charge in [-0.1, -0.05) is 12.2 Å². The summed E-state index contributed by atoms with van der Waals surface area (Å²) in [5.74, 6) is -0.821. The highest BCUT2D eigenvalue weighted by Gasteiger charge is 2.34. The predicted octanol–water partition coefficient (Wildman–Crippen LogP) is 2.34. The van der Waals surface area contributed by atoms with E-state index in [0.29, 0.717) is 54.0 Å². The topological polar surface area (TPSA) is 81.4 Å². The lowest BCUT2D eigenvalue weighted by Crippen LogP contribution is -2.27. The summed E-state index contributed by atoms with van der Waals surface area (Å²) in [6.07, 6.45) is 1.78. The number of carbonyl (C=O) groups is 1. The number of hydrogen-bond donors (Lipinski definition) is 1. The van der Waals surface area contributed by atoms with Crippen LogP contribution in [0.1, 0.15) is 35.5 Å². The number of rotatable bonds is 6. The van der Waals surface area contributed by atoms with Crippen molar-refractivity contribution in [3.63, 3.8) is 0 Å². The van der Waals surface area contributed by atoms with E-state index in [4.69, 9.17) is 4.74 Å². The van der Waals surface area contributed by atoms with Crippen molar-refractivity contribution in [1.29, 1.82) is 0 Å². The molecule has 1 N–H and O–H groups in total. The van der Waals surface area contributed by atoms with Crippen molar-refractivity contribution in [2.45, 2.75) is 38.6 Å². The fourth-order valence-electron chi connectivity index (χ4n) is 3.23. The Kier molecular flexibility index (Phi) is 4.56. The molecule has 0 radical (unpaired) electrons. The molecule has 2 heterocycles. The molecule has 128 valence electrons. The number of allylic oxidation sites excluding steroid dienone is 1. The summed E-state index contributed by atoms with van der Waals surface area (Å²) in [5.41, 5.74) is 1.35. The fourth-order valence-corrected chi connectivity index (χ4v) is 4.49. The predicted molar refractivity (Wildman–Crippen MR) is 93.0 cm³/mol. The lowest BCUT2D eigenvalue weighted by Gasteiger charge is -2.13. The molecule has 0 saturated heterocycles. The van der Waals surface area contributed by atoms with Crippen LogP contribution in [0, 0.1) is 0 Å². The Morgan fingerprint density at radius 3 is 2.92 bits per heavy atom. The zero-order valence-electron chi connectivity index (χ0n) is 13.8. The van der Waals surface area contributed by atoms with E-state index in [9.17, 15) is 14.7 Å². The number of ether oxygens (including phenoxy) is 1. The first-order valence-corrected chi connectivity index (χ1v) is 8.66. The molecule has 0 aliphatic heterocycles. The molecule has 24 heavy (non-hydrogen) atoms. The summed E-state index contributed by atoms with van der Waals surface area (Å²) in [5, 5.41) is 9.93. The van der Waals surface area contributed by atoms with Crippen LogP contribution in [0.5, 0.6) is 0 Å². The molecular formula is C17H20N2O4S. The number of methoxy groups -OCH3 is 1. The van der Waals surface area contributed by atoms with E-state index in [1.165, 1.54) is 11.3 Å². The number of aryl methyl sites for hydroxylation is 1. The third-order valence-electron chi connectivity index (χ3n) is 4.27. The second-order valence-corrected chi connectivity index (χ2v) is 7.25. The second kappa shape index (κ2) is 6.49. The molecule has 0 spiro atoms. The summed E-state index contributed by atoms with van der Waals surface area (Å²) in [4.78, 5) is 30.9. The fraction of sp³-hybridized carbons (Fsp3) is 0.471. The Hall–Kier alpha value is -1.99. The van der Waals surface area contributed by atoms with Gasteiger partial charge in [-0.25, -0.2) is 4.98 Å². The summed E-state index contributed by atoms with van der Waals surface area (Å²) >= 11 is 1.45. The number of aromatic nitrogens is 2. The van der Waals surface area contributed by atoms with Crippen LogP contribution < -0.4 is 5.56 Å². The van der Waals surface area contributed by atoms with Crippen LogP contribution in [0.4, 0.5) is 0 Å². The van der Waals surface area contributed by atoms with Crippen molar-refractivity contribution in [3.8, 4) is 0 Å². The summed E-state index contributed by atoms with van der Waals surface area (Å²) in [7, 11) is 1.61. The van der Waals surface area contributed by atoms with Gasteiger partial charge in [0, 0.05) is 25.0 Å². The molecule has 6 nitrogen and oxygen atoms in total. The van der Waals surface area contributed by atoms with Crippen LogP contribution in [-0.4, -0.2) is 34.3 Å². The summed E-state index contributed by atoms with van der Waals surface area (Å²) in [6.45, 7) is 6.59. The van der Waals surface area contributed by atoms with E-state index in [-0.39, 0.29) is 5.56 Å². The highest BCUT2D eigenvalue weighted by Crippen LogP contribution is 2.42. The first kappa shape index (κ1) is 16.9. The minimum Gasteiger partial charge on any atom is -0.481 e. The first-order chi connectivity index (χ1) is 11.4. The third kappa shape index (κ3) is 2.78. The van der Waals surface area contributed by atoms with Crippen molar-refractivity contribution in [2.24, 2.45) is 0 Å². The van der Waals surface area contributed by atoms with Crippen LogP contribution >= 0.6 is 11.3 Å². The van der Waals surface area contributed by atoms with Gasteiger partial charge in [0.1, 0.15) is 10.7 Å². The van der Waals surface area contributed by atoms with E-state index in [2.05, 4.69) is 11.6 Å². The van der Waals surface area contributed by atoms with Crippen molar-refractivity contribution >= 4 is 27.5 Å². The van der Waals surface area contributed by atoms with Gasteiger partial charge in [-0.15, -0.1) is 11.3 Å². The van der Waals surface area contributed by atoms with E-state index < -0.39 is 11.9 Å². The smallest absolute Gasteiger partial charge is 0.311 e. The number of aliphatic carboxylic acids is 1. The quantitative estimate of drug-likeness (QED) is 0.810. The zero-order chi connectivity index (χ0) is 17.4. The Labute approximate surface area is 143 Å². The normalized spacial score (nSPS) is 16.5. The minimum absolute atomic E-state index is 0.167. The van der Waals surface area contributed by atoms with Crippen molar-refractivity contribution in [3.05, 3.63) is 38.8 Å². The molecule has 0 fully saturated rings. The van der Waals surface area contributed by atoms with Crippen molar-refractivity contribution < 1.29 is 14.6 Å². The highest BCUT2D eigenvalue weighted by atomic mass is 32.1. The maximum absolute atomic E-state index is 13.1. The molecular weight excluding hydrogens is 328 g/mol. The molecule has 1 aliphatic rings. The number of hydrogen-bond acceptors (Lipinski definition) is 5. The van der Waals surface area contributed by atoms with Crippen molar-refractivity contribution in [1.82, 2.24) is 9.55 Å².